The summed E-state index contributed by atoms with van der Waals surface area (Å²) in [5.41, 5.74) is 7.46. The third-order valence-corrected chi connectivity index (χ3v) is 1.69. The molecule has 0 aliphatic rings. The summed E-state index contributed by atoms with van der Waals surface area (Å²) >= 11 is 0. The molecular weight excluding hydrogens is 152 g/mol. The highest BCUT2D eigenvalue weighted by atomic mass is 16.1. The van der Waals surface area contributed by atoms with Crippen LogP contribution in [-0.4, -0.2) is 17.3 Å². The van der Waals surface area contributed by atoms with Crippen LogP contribution in [0.25, 0.3) is 0 Å². The Balaban J connectivity index is 3.13. The number of rotatable bonds is 2. The van der Waals surface area contributed by atoms with Crippen LogP contribution in [-0.2, 0) is 0 Å². The van der Waals surface area contributed by atoms with Crippen LogP contribution in [0, 0.1) is 13.8 Å². The van der Waals surface area contributed by atoms with Gasteiger partial charge in [-0.05, 0) is 25.5 Å². The predicted molar refractivity (Wildman–Crippen MR) is 47.1 cm³/mol. The van der Waals surface area contributed by atoms with E-state index in [1.54, 1.807) is 0 Å². The molecule has 2 N–H and O–H groups in total. The molecule has 0 saturated carbocycles. The summed E-state index contributed by atoms with van der Waals surface area (Å²) < 4.78 is 0. The van der Waals surface area contributed by atoms with Gasteiger partial charge in [0.25, 0.3) is 0 Å². The van der Waals surface area contributed by atoms with Gasteiger partial charge in [0, 0.05) is 5.69 Å². The average molecular weight is 164 g/mol. The zero-order chi connectivity index (χ0) is 9.14. The maximum Gasteiger partial charge on any atom is 0.194 e. The van der Waals surface area contributed by atoms with Crippen molar-refractivity contribution in [3.63, 3.8) is 0 Å². The van der Waals surface area contributed by atoms with Crippen LogP contribution in [0.5, 0.6) is 0 Å². The summed E-state index contributed by atoms with van der Waals surface area (Å²) in [5, 5.41) is 0. The number of hydrogen-bond acceptors (Lipinski definition) is 3. The molecule has 0 radical (unpaired) electrons. The Hall–Kier alpha value is -1.22. The van der Waals surface area contributed by atoms with E-state index in [9.17, 15) is 4.79 Å². The molecular formula is C9H12N2O. The molecule has 64 valence electrons. The Kier molecular flexibility index (Phi) is 2.55. The normalized spacial score (nSPS) is 9.92. The molecule has 3 nitrogen and oxygen atoms in total. The van der Waals surface area contributed by atoms with Gasteiger partial charge in [-0.1, -0.05) is 6.07 Å². The number of carbonyl (C=O) groups excluding carboxylic acids is 1. The van der Waals surface area contributed by atoms with E-state index >= 15 is 0 Å². The first-order chi connectivity index (χ1) is 5.65. The molecule has 3 heteroatoms. The fourth-order valence-electron chi connectivity index (χ4n) is 1.01. The van der Waals surface area contributed by atoms with Crippen molar-refractivity contribution < 1.29 is 4.79 Å². The van der Waals surface area contributed by atoms with E-state index in [1.807, 2.05) is 26.0 Å². The predicted octanol–water partition coefficient (Wildman–Crippen LogP) is 0.840. The van der Waals surface area contributed by atoms with Gasteiger partial charge in [-0.2, -0.15) is 0 Å². The third-order valence-electron chi connectivity index (χ3n) is 1.69. The number of aryl methyl sites for hydroxylation is 2. The summed E-state index contributed by atoms with van der Waals surface area (Å²) in [6, 6.07) is 3.76. The number of ketones is 1. The lowest BCUT2D eigenvalue weighted by Crippen LogP contribution is -2.16. The van der Waals surface area contributed by atoms with Crippen LogP contribution in [0.15, 0.2) is 12.1 Å². The summed E-state index contributed by atoms with van der Waals surface area (Å²) in [6.07, 6.45) is 0. The van der Waals surface area contributed by atoms with Gasteiger partial charge in [-0.15, -0.1) is 0 Å². The zero-order valence-corrected chi connectivity index (χ0v) is 7.29. The number of carbonyl (C=O) groups is 1. The fourth-order valence-corrected chi connectivity index (χ4v) is 1.01. The Morgan fingerprint density at radius 3 is 2.75 bits per heavy atom. The number of nitrogens with two attached hydrogens (primary N) is 1. The number of pyridine rings is 1. The Morgan fingerprint density at radius 1 is 1.50 bits per heavy atom. The van der Waals surface area contributed by atoms with Crippen molar-refractivity contribution >= 4 is 5.78 Å². The Bertz CT molecular complexity index is 307. The van der Waals surface area contributed by atoms with Gasteiger partial charge in [0.2, 0.25) is 0 Å². The standard InChI is InChI=1S/C9H12N2O/c1-6-3-4-7(2)11-9(6)8(12)5-10/h3-4H,5,10H2,1-2H3. The molecule has 1 rings (SSSR count). The van der Waals surface area contributed by atoms with Crippen molar-refractivity contribution in [2.45, 2.75) is 13.8 Å². The van der Waals surface area contributed by atoms with Crippen LogP contribution in [0.4, 0.5) is 0 Å². The SMILES string of the molecule is Cc1ccc(C)c(C(=O)CN)n1. The molecule has 0 bridgehead atoms. The van der Waals surface area contributed by atoms with E-state index in [0.29, 0.717) is 5.69 Å². The van der Waals surface area contributed by atoms with Gasteiger partial charge in [0.1, 0.15) is 5.69 Å². The van der Waals surface area contributed by atoms with Crippen molar-refractivity contribution in [1.82, 2.24) is 4.98 Å². The highest BCUT2D eigenvalue weighted by Gasteiger charge is 2.07. The highest BCUT2D eigenvalue weighted by molar-refractivity contribution is 5.96. The molecule has 0 unspecified atom stereocenters. The lowest BCUT2D eigenvalue weighted by atomic mass is 10.1. The van der Waals surface area contributed by atoms with Crippen LogP contribution in [0.3, 0.4) is 0 Å². The van der Waals surface area contributed by atoms with Crippen molar-refractivity contribution in [3.05, 3.63) is 29.1 Å². The van der Waals surface area contributed by atoms with Crippen molar-refractivity contribution in [3.8, 4) is 0 Å². The maximum atomic E-state index is 11.2. The molecule has 0 atom stereocenters. The largest absolute Gasteiger partial charge is 0.324 e. The first-order valence-electron chi connectivity index (χ1n) is 3.82. The average Bonchev–Trinajstić information content (AvgIpc) is 2.08. The molecule has 0 aromatic carbocycles. The molecule has 0 fully saturated rings. The number of nitrogens with zero attached hydrogens (tertiary/aromatic N) is 1. The topological polar surface area (TPSA) is 56.0 Å². The van der Waals surface area contributed by atoms with E-state index in [4.69, 9.17) is 5.73 Å². The summed E-state index contributed by atoms with van der Waals surface area (Å²) in [4.78, 5) is 15.3. The first kappa shape index (κ1) is 8.87. The molecule has 12 heavy (non-hydrogen) atoms. The van der Waals surface area contributed by atoms with Crippen molar-refractivity contribution in [1.29, 1.82) is 0 Å². The minimum atomic E-state index is -0.101. The van der Waals surface area contributed by atoms with Gasteiger partial charge in [0.15, 0.2) is 5.78 Å². The van der Waals surface area contributed by atoms with Crippen molar-refractivity contribution in [2.24, 2.45) is 5.73 Å². The number of hydrogen-bond donors (Lipinski definition) is 1. The zero-order valence-electron chi connectivity index (χ0n) is 7.29. The minimum Gasteiger partial charge on any atom is -0.324 e. The van der Waals surface area contributed by atoms with Crippen LogP contribution < -0.4 is 5.73 Å². The minimum absolute atomic E-state index is 0.0251. The van der Waals surface area contributed by atoms with Crippen LogP contribution >= 0.6 is 0 Å². The van der Waals surface area contributed by atoms with Crippen LogP contribution in [0.1, 0.15) is 21.7 Å². The molecule has 0 spiro atoms. The van der Waals surface area contributed by atoms with Gasteiger partial charge >= 0.3 is 0 Å². The van der Waals surface area contributed by atoms with Gasteiger partial charge in [0.05, 0.1) is 6.54 Å². The molecule has 0 aliphatic heterocycles. The van der Waals surface area contributed by atoms with Gasteiger partial charge in [-0.25, -0.2) is 4.98 Å². The number of Topliss-reactive ketones (excluding diaryl/α,β-unsaturated/α-hetero) is 1. The first-order valence-corrected chi connectivity index (χ1v) is 3.82. The lowest BCUT2D eigenvalue weighted by Gasteiger charge is -2.02. The van der Waals surface area contributed by atoms with E-state index in [2.05, 4.69) is 4.98 Å². The van der Waals surface area contributed by atoms with Gasteiger partial charge in [-0.3, -0.25) is 4.79 Å². The summed E-state index contributed by atoms with van der Waals surface area (Å²) in [7, 11) is 0. The van der Waals surface area contributed by atoms with Crippen LogP contribution in [0.2, 0.25) is 0 Å². The summed E-state index contributed by atoms with van der Waals surface area (Å²) in [6.45, 7) is 3.74. The Labute approximate surface area is 71.6 Å². The highest BCUT2D eigenvalue weighted by Crippen LogP contribution is 2.05. The molecule has 0 saturated heterocycles. The van der Waals surface area contributed by atoms with Crippen molar-refractivity contribution in [2.75, 3.05) is 6.54 Å². The molecule has 1 heterocycles. The number of aromatic nitrogens is 1. The van der Waals surface area contributed by atoms with E-state index < -0.39 is 0 Å². The smallest absolute Gasteiger partial charge is 0.194 e. The van der Waals surface area contributed by atoms with E-state index in [-0.39, 0.29) is 12.3 Å². The lowest BCUT2D eigenvalue weighted by molar-refractivity contribution is 0.0996. The second-order valence-electron chi connectivity index (χ2n) is 2.75. The molecule has 1 aromatic rings. The molecule has 0 aliphatic carbocycles. The summed E-state index contributed by atoms with van der Waals surface area (Å²) in [5.74, 6) is -0.101. The molecule has 0 amide bonds. The fraction of sp³-hybridized carbons (Fsp3) is 0.333. The second kappa shape index (κ2) is 3.45. The van der Waals surface area contributed by atoms with E-state index in [0.717, 1.165) is 11.3 Å². The van der Waals surface area contributed by atoms with Gasteiger partial charge < -0.3 is 5.73 Å². The second-order valence-corrected chi connectivity index (χ2v) is 2.75. The Morgan fingerprint density at radius 2 is 2.17 bits per heavy atom. The third kappa shape index (κ3) is 1.68. The maximum absolute atomic E-state index is 11.2. The monoisotopic (exact) mass is 164 g/mol. The molecule has 1 aromatic heterocycles. The van der Waals surface area contributed by atoms with E-state index in [1.165, 1.54) is 0 Å². The quantitative estimate of drug-likeness (QED) is 0.659.